The molecule has 3 rings (SSSR count). The molecule has 0 fully saturated rings. The zero-order valence-corrected chi connectivity index (χ0v) is 12.8. The molecule has 1 amide bonds. The molecule has 0 saturated heterocycles. The normalized spacial score (nSPS) is 15.1. The molecule has 120 valence electrons. The zero-order valence-electron chi connectivity index (χ0n) is 12.8. The van der Waals surface area contributed by atoms with E-state index in [-0.39, 0.29) is 30.1 Å². The van der Waals surface area contributed by atoms with E-state index in [0.717, 1.165) is 5.56 Å². The number of aliphatic hydroxyl groups excluding tert-OH is 1. The first kappa shape index (κ1) is 15.2. The Morgan fingerprint density at radius 3 is 2.61 bits per heavy atom. The molecule has 1 aromatic carbocycles. The average molecular weight is 317 g/mol. The Kier molecular flexibility index (Phi) is 3.85. The van der Waals surface area contributed by atoms with Crippen LogP contribution in [0.2, 0.25) is 0 Å². The summed E-state index contributed by atoms with van der Waals surface area (Å²) in [5.74, 6) is -0.629. The van der Waals surface area contributed by atoms with Gasteiger partial charge >= 0.3 is 0 Å². The van der Waals surface area contributed by atoms with Crippen molar-refractivity contribution < 1.29 is 18.7 Å². The maximum absolute atomic E-state index is 12.9. The lowest BCUT2D eigenvalue weighted by molar-refractivity contribution is -0.129. The molecular weight excluding hydrogens is 301 g/mol. The van der Waals surface area contributed by atoms with Crippen molar-refractivity contribution in [3.63, 3.8) is 0 Å². The summed E-state index contributed by atoms with van der Waals surface area (Å²) in [6, 6.07) is 5.95. The van der Waals surface area contributed by atoms with Crippen molar-refractivity contribution in [2.45, 2.75) is 26.3 Å². The van der Waals surface area contributed by atoms with E-state index in [2.05, 4.69) is 10.2 Å². The highest BCUT2D eigenvalue weighted by Crippen LogP contribution is 2.27. The minimum atomic E-state index is -0.437. The summed E-state index contributed by atoms with van der Waals surface area (Å²) in [4.78, 5) is 13.5. The number of amides is 1. The Morgan fingerprint density at radius 2 is 2.00 bits per heavy atom. The third-order valence-electron chi connectivity index (χ3n) is 3.69. The first-order valence-corrected chi connectivity index (χ1v) is 7.26. The van der Waals surface area contributed by atoms with Gasteiger partial charge in [0.25, 0.3) is 5.91 Å². The Balaban J connectivity index is 1.79. The molecule has 1 N–H and O–H groups in total. The number of hydrogen-bond donors (Lipinski definition) is 1. The molecular formula is C16H16FN3O3. The van der Waals surface area contributed by atoms with Crippen molar-refractivity contribution in [3.05, 3.63) is 53.2 Å². The molecule has 6 nitrogen and oxygen atoms in total. The number of carbonyl (C=O) groups is 1. The van der Waals surface area contributed by atoms with Gasteiger partial charge in [0.2, 0.25) is 11.8 Å². The Bertz CT molecular complexity index is 765. The van der Waals surface area contributed by atoms with Gasteiger partial charge in [-0.2, -0.15) is 0 Å². The van der Waals surface area contributed by atoms with E-state index in [0.29, 0.717) is 17.9 Å². The van der Waals surface area contributed by atoms with Crippen molar-refractivity contribution in [3.8, 4) is 0 Å². The largest absolute Gasteiger partial charge is 0.503 e. The Hall–Kier alpha value is -2.70. The van der Waals surface area contributed by atoms with Gasteiger partial charge in [-0.25, -0.2) is 4.39 Å². The van der Waals surface area contributed by atoms with E-state index in [9.17, 15) is 14.3 Å². The second kappa shape index (κ2) is 5.83. The molecule has 1 aliphatic heterocycles. The number of halogens is 1. The Labute approximate surface area is 132 Å². The van der Waals surface area contributed by atoms with E-state index in [1.54, 1.807) is 12.1 Å². The highest BCUT2D eigenvalue weighted by Gasteiger charge is 2.35. The van der Waals surface area contributed by atoms with Crippen LogP contribution in [0.15, 0.2) is 34.4 Å². The lowest BCUT2D eigenvalue weighted by Crippen LogP contribution is -2.33. The SMILES string of the molecule is CC(C)N1CC(c2nnc(Cc3ccc(F)cc3)o2)=C(O)C1=O. The number of rotatable bonds is 4. The van der Waals surface area contributed by atoms with Gasteiger partial charge in [0.1, 0.15) is 5.82 Å². The fraction of sp³-hybridized carbons (Fsp3) is 0.312. The van der Waals surface area contributed by atoms with E-state index in [1.165, 1.54) is 17.0 Å². The minimum Gasteiger partial charge on any atom is -0.503 e. The molecule has 0 bridgehead atoms. The quantitative estimate of drug-likeness (QED) is 0.936. The highest BCUT2D eigenvalue weighted by atomic mass is 19.1. The highest BCUT2D eigenvalue weighted by molar-refractivity contribution is 6.03. The van der Waals surface area contributed by atoms with Crippen LogP contribution in [0.4, 0.5) is 4.39 Å². The number of aromatic nitrogens is 2. The third-order valence-corrected chi connectivity index (χ3v) is 3.69. The van der Waals surface area contributed by atoms with Crippen LogP contribution in [0.1, 0.15) is 31.2 Å². The number of hydrogen-bond acceptors (Lipinski definition) is 5. The third kappa shape index (κ3) is 2.94. The van der Waals surface area contributed by atoms with Crippen LogP contribution in [-0.2, 0) is 11.2 Å². The maximum atomic E-state index is 12.9. The smallest absolute Gasteiger partial charge is 0.289 e. The van der Waals surface area contributed by atoms with Crippen molar-refractivity contribution in [1.29, 1.82) is 0 Å². The molecule has 0 spiro atoms. The van der Waals surface area contributed by atoms with E-state index in [4.69, 9.17) is 4.42 Å². The lowest BCUT2D eigenvalue weighted by atomic mass is 10.1. The fourth-order valence-corrected chi connectivity index (χ4v) is 2.39. The zero-order chi connectivity index (χ0) is 16.6. The van der Waals surface area contributed by atoms with E-state index < -0.39 is 5.91 Å². The molecule has 0 atom stereocenters. The van der Waals surface area contributed by atoms with Crippen LogP contribution in [-0.4, -0.2) is 38.7 Å². The number of carbonyl (C=O) groups excluding carboxylic acids is 1. The van der Waals surface area contributed by atoms with Gasteiger partial charge in [0.05, 0.1) is 18.5 Å². The van der Waals surface area contributed by atoms with Crippen LogP contribution < -0.4 is 0 Å². The molecule has 0 saturated carbocycles. The number of benzene rings is 1. The molecule has 0 radical (unpaired) electrons. The standard InChI is InChI=1S/C16H16FN3O3/c1-9(2)20-8-12(14(21)16(20)22)15-19-18-13(23-15)7-10-3-5-11(17)6-4-10/h3-6,9,21H,7-8H2,1-2H3. The van der Waals surface area contributed by atoms with Gasteiger partial charge in [-0.1, -0.05) is 12.1 Å². The summed E-state index contributed by atoms with van der Waals surface area (Å²) in [5, 5.41) is 17.8. The van der Waals surface area contributed by atoms with Gasteiger partial charge < -0.3 is 14.4 Å². The van der Waals surface area contributed by atoms with Gasteiger partial charge in [-0.3, -0.25) is 4.79 Å². The summed E-state index contributed by atoms with van der Waals surface area (Å²) in [7, 11) is 0. The lowest BCUT2D eigenvalue weighted by Gasteiger charge is -2.19. The Morgan fingerprint density at radius 1 is 1.30 bits per heavy atom. The van der Waals surface area contributed by atoms with Crippen LogP contribution in [0.5, 0.6) is 0 Å². The summed E-state index contributed by atoms with van der Waals surface area (Å²) in [5.41, 5.74) is 1.16. The van der Waals surface area contributed by atoms with Crippen LogP contribution >= 0.6 is 0 Å². The average Bonchev–Trinajstić information content (AvgIpc) is 3.08. The monoisotopic (exact) mass is 317 g/mol. The van der Waals surface area contributed by atoms with Gasteiger partial charge in [-0.15, -0.1) is 10.2 Å². The van der Waals surface area contributed by atoms with E-state index in [1.807, 2.05) is 13.8 Å². The molecule has 1 aliphatic rings. The molecule has 0 aliphatic carbocycles. The predicted octanol–water partition coefficient (Wildman–Crippen LogP) is 2.32. The topological polar surface area (TPSA) is 79.5 Å². The summed E-state index contributed by atoms with van der Waals surface area (Å²) in [6.45, 7) is 3.96. The molecule has 1 aromatic heterocycles. The summed E-state index contributed by atoms with van der Waals surface area (Å²) >= 11 is 0. The van der Waals surface area contributed by atoms with Crippen LogP contribution in [0.25, 0.3) is 5.57 Å². The van der Waals surface area contributed by atoms with Crippen molar-refractivity contribution in [2.24, 2.45) is 0 Å². The maximum Gasteiger partial charge on any atom is 0.289 e. The number of aliphatic hydroxyl groups is 1. The second-order valence-corrected chi connectivity index (χ2v) is 5.66. The van der Waals surface area contributed by atoms with Crippen LogP contribution in [0.3, 0.4) is 0 Å². The molecule has 0 unspecified atom stereocenters. The number of nitrogens with zero attached hydrogens (tertiary/aromatic N) is 3. The molecule has 2 heterocycles. The van der Waals surface area contributed by atoms with Crippen molar-refractivity contribution >= 4 is 11.5 Å². The molecule has 7 heteroatoms. The minimum absolute atomic E-state index is 0.0382. The summed E-state index contributed by atoms with van der Waals surface area (Å²) < 4.78 is 18.4. The van der Waals surface area contributed by atoms with Crippen LogP contribution in [0, 0.1) is 5.82 Å². The fourth-order valence-electron chi connectivity index (χ4n) is 2.39. The predicted molar refractivity (Wildman–Crippen MR) is 79.9 cm³/mol. The van der Waals surface area contributed by atoms with Gasteiger partial charge in [0.15, 0.2) is 5.76 Å². The first-order chi connectivity index (χ1) is 11.0. The van der Waals surface area contributed by atoms with Gasteiger partial charge in [0, 0.05) is 6.04 Å². The van der Waals surface area contributed by atoms with E-state index >= 15 is 0 Å². The van der Waals surface area contributed by atoms with Gasteiger partial charge in [-0.05, 0) is 31.5 Å². The van der Waals surface area contributed by atoms with Crippen molar-refractivity contribution in [2.75, 3.05) is 6.54 Å². The first-order valence-electron chi connectivity index (χ1n) is 7.26. The molecule has 2 aromatic rings. The molecule has 23 heavy (non-hydrogen) atoms. The van der Waals surface area contributed by atoms with Crippen molar-refractivity contribution in [1.82, 2.24) is 15.1 Å². The second-order valence-electron chi connectivity index (χ2n) is 5.66. The summed E-state index contributed by atoms with van der Waals surface area (Å²) in [6.07, 6.45) is 0.350.